The summed E-state index contributed by atoms with van der Waals surface area (Å²) in [5.41, 5.74) is -0.0899. The van der Waals surface area contributed by atoms with Crippen LogP contribution >= 0.6 is 0 Å². The highest BCUT2D eigenvalue weighted by molar-refractivity contribution is 5.79. The van der Waals surface area contributed by atoms with Gasteiger partial charge in [0, 0.05) is 26.2 Å². The van der Waals surface area contributed by atoms with Crippen LogP contribution in [0.1, 0.15) is 6.42 Å². The van der Waals surface area contributed by atoms with Crippen molar-refractivity contribution < 1.29 is 14.3 Å². The monoisotopic (exact) mass is 226 g/mol. The summed E-state index contributed by atoms with van der Waals surface area (Å²) in [4.78, 5) is 14.2. The molecule has 1 amide bonds. The van der Waals surface area contributed by atoms with Gasteiger partial charge < -0.3 is 19.7 Å². The molecule has 0 aromatic heterocycles. The minimum Gasteiger partial charge on any atom is -0.381 e. The number of nitrogens with one attached hydrogen (secondary N) is 1. The van der Waals surface area contributed by atoms with Gasteiger partial charge in [0.1, 0.15) is 5.60 Å². The van der Waals surface area contributed by atoms with Crippen LogP contribution in [0.3, 0.4) is 0 Å². The van der Waals surface area contributed by atoms with Crippen LogP contribution in [0.5, 0.6) is 0 Å². The summed E-state index contributed by atoms with van der Waals surface area (Å²) < 4.78 is 11.0. The van der Waals surface area contributed by atoms with E-state index in [-0.39, 0.29) is 17.4 Å². The van der Waals surface area contributed by atoms with Gasteiger partial charge in [-0.25, -0.2) is 0 Å². The van der Waals surface area contributed by atoms with Crippen LogP contribution in [-0.4, -0.2) is 62.4 Å². The molecule has 0 unspecified atom stereocenters. The summed E-state index contributed by atoms with van der Waals surface area (Å²) in [5.74, 6) is 0.343. The normalized spacial score (nSPS) is 32.8. The van der Waals surface area contributed by atoms with Gasteiger partial charge in [-0.2, -0.15) is 0 Å². The Balaban J connectivity index is 1.63. The Morgan fingerprint density at radius 2 is 2.25 bits per heavy atom. The van der Waals surface area contributed by atoms with Crippen molar-refractivity contribution in [3.63, 3.8) is 0 Å². The Labute approximate surface area is 95.1 Å². The first-order valence-electron chi connectivity index (χ1n) is 6.00. The summed E-state index contributed by atoms with van der Waals surface area (Å²) in [6.45, 7) is 5.22. The quantitative estimate of drug-likeness (QED) is 0.637. The lowest BCUT2D eigenvalue weighted by Crippen LogP contribution is -2.69. The molecule has 3 aliphatic rings. The van der Waals surface area contributed by atoms with Crippen LogP contribution < -0.4 is 5.32 Å². The number of morpholine rings is 1. The Kier molecular flexibility index (Phi) is 2.61. The third-order valence-electron chi connectivity index (χ3n) is 3.73. The van der Waals surface area contributed by atoms with Gasteiger partial charge in [0.2, 0.25) is 5.91 Å². The fourth-order valence-corrected chi connectivity index (χ4v) is 2.64. The van der Waals surface area contributed by atoms with Crippen LogP contribution in [0.2, 0.25) is 0 Å². The molecule has 1 N–H and O–H groups in total. The van der Waals surface area contributed by atoms with E-state index >= 15 is 0 Å². The number of carbonyl (C=O) groups is 1. The third kappa shape index (κ3) is 1.73. The molecule has 0 saturated carbocycles. The second-order valence-electron chi connectivity index (χ2n) is 4.96. The number of amides is 1. The van der Waals surface area contributed by atoms with Gasteiger partial charge in [0.05, 0.1) is 25.7 Å². The van der Waals surface area contributed by atoms with Crippen molar-refractivity contribution in [3.8, 4) is 0 Å². The zero-order valence-electron chi connectivity index (χ0n) is 9.41. The highest BCUT2D eigenvalue weighted by Gasteiger charge is 2.44. The highest BCUT2D eigenvalue weighted by atomic mass is 16.5. The molecule has 3 saturated heterocycles. The van der Waals surface area contributed by atoms with Gasteiger partial charge in [-0.1, -0.05) is 0 Å². The first-order chi connectivity index (χ1) is 7.79. The van der Waals surface area contributed by atoms with E-state index in [0.717, 1.165) is 39.2 Å². The molecular weight excluding hydrogens is 208 g/mol. The Bertz CT molecular complexity index is 285. The minimum absolute atomic E-state index is 0.0863. The molecule has 3 fully saturated rings. The van der Waals surface area contributed by atoms with Crippen molar-refractivity contribution >= 4 is 5.91 Å². The molecule has 1 spiro atoms. The molecule has 5 heteroatoms. The first-order valence-corrected chi connectivity index (χ1v) is 6.00. The van der Waals surface area contributed by atoms with Crippen LogP contribution in [0.4, 0.5) is 0 Å². The molecule has 0 aliphatic carbocycles. The predicted molar refractivity (Wildman–Crippen MR) is 57.1 cm³/mol. The average molecular weight is 226 g/mol. The van der Waals surface area contributed by atoms with Gasteiger partial charge in [-0.05, 0) is 6.42 Å². The van der Waals surface area contributed by atoms with E-state index in [2.05, 4.69) is 5.32 Å². The van der Waals surface area contributed by atoms with Gasteiger partial charge in [0.15, 0.2) is 0 Å². The van der Waals surface area contributed by atoms with Crippen LogP contribution in [-0.2, 0) is 14.3 Å². The third-order valence-corrected chi connectivity index (χ3v) is 3.73. The van der Waals surface area contributed by atoms with E-state index in [4.69, 9.17) is 9.47 Å². The molecule has 0 radical (unpaired) electrons. The van der Waals surface area contributed by atoms with Crippen molar-refractivity contribution in [1.29, 1.82) is 0 Å². The number of hydrogen-bond donors (Lipinski definition) is 1. The zero-order chi connectivity index (χ0) is 11.0. The maximum Gasteiger partial charge on any atom is 0.228 e. The van der Waals surface area contributed by atoms with Gasteiger partial charge >= 0.3 is 0 Å². The van der Waals surface area contributed by atoms with Crippen molar-refractivity contribution in [2.45, 2.75) is 12.0 Å². The van der Waals surface area contributed by atoms with Gasteiger partial charge in [-0.15, -0.1) is 0 Å². The van der Waals surface area contributed by atoms with Crippen molar-refractivity contribution in [2.24, 2.45) is 5.92 Å². The predicted octanol–water partition coefficient (Wildman–Crippen LogP) is -0.776. The minimum atomic E-state index is -0.0899. The number of carbonyl (C=O) groups excluding carboxylic acids is 1. The van der Waals surface area contributed by atoms with Crippen LogP contribution in [0.15, 0.2) is 0 Å². The molecule has 3 rings (SSSR count). The maximum atomic E-state index is 12.2. The van der Waals surface area contributed by atoms with Crippen molar-refractivity contribution in [1.82, 2.24) is 10.2 Å². The van der Waals surface area contributed by atoms with Crippen molar-refractivity contribution in [3.05, 3.63) is 0 Å². The topological polar surface area (TPSA) is 50.8 Å². The number of rotatable bonds is 1. The molecule has 5 nitrogen and oxygen atoms in total. The van der Waals surface area contributed by atoms with E-state index in [0.29, 0.717) is 13.2 Å². The zero-order valence-corrected chi connectivity index (χ0v) is 9.41. The largest absolute Gasteiger partial charge is 0.381 e. The SMILES string of the molecule is O=C([C@@H]1CCOC1)N1CCOC2(CNC2)C1. The van der Waals surface area contributed by atoms with Crippen LogP contribution in [0, 0.1) is 5.92 Å². The summed E-state index contributed by atoms with van der Waals surface area (Å²) in [6.07, 6.45) is 0.876. The fourth-order valence-electron chi connectivity index (χ4n) is 2.64. The molecule has 16 heavy (non-hydrogen) atoms. The molecule has 0 bridgehead atoms. The highest BCUT2D eigenvalue weighted by Crippen LogP contribution is 2.24. The molecule has 0 aromatic carbocycles. The Morgan fingerprint density at radius 1 is 1.38 bits per heavy atom. The molecule has 3 aliphatic heterocycles. The lowest BCUT2D eigenvalue weighted by atomic mass is 9.94. The van der Waals surface area contributed by atoms with E-state index < -0.39 is 0 Å². The van der Waals surface area contributed by atoms with E-state index in [1.807, 2.05) is 4.90 Å². The lowest BCUT2D eigenvalue weighted by molar-refractivity contribution is -0.162. The summed E-state index contributed by atoms with van der Waals surface area (Å²) in [7, 11) is 0. The van der Waals surface area contributed by atoms with Crippen molar-refractivity contribution in [2.75, 3.05) is 46.0 Å². The van der Waals surface area contributed by atoms with Crippen LogP contribution in [0.25, 0.3) is 0 Å². The summed E-state index contributed by atoms with van der Waals surface area (Å²) >= 11 is 0. The van der Waals surface area contributed by atoms with E-state index in [1.54, 1.807) is 0 Å². The second-order valence-corrected chi connectivity index (χ2v) is 4.96. The smallest absolute Gasteiger partial charge is 0.228 e. The molecule has 1 atom stereocenters. The molecule has 0 aromatic rings. The van der Waals surface area contributed by atoms with Gasteiger partial charge in [-0.3, -0.25) is 4.79 Å². The number of ether oxygens (including phenoxy) is 2. The lowest BCUT2D eigenvalue weighted by Gasteiger charge is -2.49. The Hall–Kier alpha value is -0.650. The molecular formula is C11H18N2O3. The number of nitrogens with zero attached hydrogens (tertiary/aromatic N) is 1. The Morgan fingerprint density at radius 3 is 2.88 bits per heavy atom. The molecule has 90 valence electrons. The van der Waals surface area contributed by atoms with E-state index in [1.165, 1.54) is 0 Å². The standard InChI is InChI=1S/C11H18N2O3/c14-10(9-1-3-15-5-9)13-2-4-16-11(8-13)6-12-7-11/h9,12H,1-8H2/t9-/m1/s1. The average Bonchev–Trinajstić information content (AvgIpc) is 2.79. The van der Waals surface area contributed by atoms with E-state index in [9.17, 15) is 4.79 Å². The maximum absolute atomic E-state index is 12.2. The summed E-state index contributed by atoms with van der Waals surface area (Å²) in [6, 6.07) is 0. The summed E-state index contributed by atoms with van der Waals surface area (Å²) in [5, 5.41) is 3.21. The number of hydrogen-bond acceptors (Lipinski definition) is 4. The first kappa shape index (κ1) is 10.5. The van der Waals surface area contributed by atoms with Gasteiger partial charge in [0.25, 0.3) is 0 Å². The fraction of sp³-hybridized carbons (Fsp3) is 0.909. The second kappa shape index (κ2) is 3.98. The molecule has 3 heterocycles.